The van der Waals surface area contributed by atoms with Crippen LogP contribution in [-0.2, 0) is 0 Å². The van der Waals surface area contributed by atoms with Crippen molar-refractivity contribution < 1.29 is 23.1 Å². The molecule has 154 valence electrons. The summed E-state index contributed by atoms with van der Waals surface area (Å²) >= 11 is 0. The fourth-order valence-corrected chi connectivity index (χ4v) is 3.09. The largest absolute Gasteiger partial charge is 0.493 e. The second-order valence-electron chi connectivity index (χ2n) is 7.45. The summed E-state index contributed by atoms with van der Waals surface area (Å²) in [7, 11) is 0. The molecule has 0 radical (unpaired) electrons. The highest BCUT2D eigenvalue weighted by Gasteiger charge is 2.26. The van der Waals surface area contributed by atoms with Crippen molar-refractivity contribution in [3.05, 3.63) is 65.2 Å². The van der Waals surface area contributed by atoms with Crippen molar-refractivity contribution in [2.45, 2.75) is 13.8 Å². The highest BCUT2D eigenvalue weighted by molar-refractivity contribution is 5.96. The fraction of sp³-hybridized carbons (Fsp3) is 0.364. The number of piperazine rings is 1. The zero-order valence-electron chi connectivity index (χ0n) is 16.5. The first-order chi connectivity index (χ1) is 13.8. The number of amides is 2. The number of nitrogens with zero attached hydrogens (tertiary/aromatic N) is 2. The van der Waals surface area contributed by atoms with Gasteiger partial charge in [-0.2, -0.15) is 0 Å². The van der Waals surface area contributed by atoms with Crippen LogP contribution in [0.3, 0.4) is 0 Å². The van der Waals surface area contributed by atoms with E-state index in [0.717, 1.165) is 12.1 Å². The Bertz CT molecular complexity index is 893. The van der Waals surface area contributed by atoms with Crippen LogP contribution in [0.1, 0.15) is 34.6 Å². The minimum Gasteiger partial charge on any atom is -0.493 e. The van der Waals surface area contributed by atoms with Crippen LogP contribution in [0.4, 0.5) is 8.78 Å². The zero-order valence-corrected chi connectivity index (χ0v) is 16.5. The van der Waals surface area contributed by atoms with Gasteiger partial charge in [0.2, 0.25) is 0 Å². The molecule has 0 saturated carbocycles. The van der Waals surface area contributed by atoms with E-state index in [1.807, 2.05) is 6.07 Å². The molecule has 0 spiro atoms. The van der Waals surface area contributed by atoms with Gasteiger partial charge in [0, 0.05) is 37.3 Å². The number of carbonyl (C=O) groups is 2. The third-order valence-corrected chi connectivity index (χ3v) is 4.68. The first kappa shape index (κ1) is 20.8. The van der Waals surface area contributed by atoms with Crippen LogP contribution in [0.5, 0.6) is 5.75 Å². The Morgan fingerprint density at radius 2 is 1.48 bits per heavy atom. The van der Waals surface area contributed by atoms with Crippen molar-refractivity contribution in [3.63, 3.8) is 0 Å². The van der Waals surface area contributed by atoms with Crippen LogP contribution in [-0.4, -0.2) is 54.4 Å². The molecule has 1 saturated heterocycles. The maximum Gasteiger partial charge on any atom is 0.254 e. The first-order valence-corrected chi connectivity index (χ1v) is 9.61. The Labute approximate surface area is 168 Å². The molecule has 1 aliphatic heterocycles. The van der Waals surface area contributed by atoms with E-state index in [1.165, 1.54) is 6.07 Å². The summed E-state index contributed by atoms with van der Waals surface area (Å²) in [6, 6.07) is 10.2. The van der Waals surface area contributed by atoms with Gasteiger partial charge >= 0.3 is 0 Å². The molecule has 1 fully saturated rings. The molecule has 2 amide bonds. The molecule has 29 heavy (non-hydrogen) atoms. The quantitative estimate of drug-likeness (QED) is 0.768. The smallest absolute Gasteiger partial charge is 0.254 e. The Kier molecular flexibility index (Phi) is 6.46. The maximum atomic E-state index is 13.4. The van der Waals surface area contributed by atoms with E-state index < -0.39 is 11.6 Å². The Balaban J connectivity index is 1.60. The van der Waals surface area contributed by atoms with Crippen molar-refractivity contribution in [2.24, 2.45) is 5.92 Å². The monoisotopic (exact) mass is 402 g/mol. The summed E-state index contributed by atoms with van der Waals surface area (Å²) < 4.78 is 32.1. The van der Waals surface area contributed by atoms with Crippen LogP contribution in [0.15, 0.2) is 42.5 Å². The lowest BCUT2D eigenvalue weighted by atomic mass is 10.1. The molecule has 2 aromatic rings. The van der Waals surface area contributed by atoms with Crippen LogP contribution in [0, 0.1) is 17.6 Å². The summed E-state index contributed by atoms with van der Waals surface area (Å²) in [6.07, 6.45) is 0. The molecule has 0 aliphatic carbocycles. The number of benzene rings is 2. The van der Waals surface area contributed by atoms with E-state index in [4.69, 9.17) is 4.74 Å². The standard InChI is InChI=1S/C22H24F2N2O3/c1-15(2)14-29-18-5-3-4-16(12-18)21(27)25-8-10-26(11-9-25)22(28)17-6-7-19(23)20(24)13-17/h3-7,12-13,15H,8-11,14H2,1-2H3. The Hall–Kier alpha value is -2.96. The van der Waals surface area contributed by atoms with Gasteiger partial charge in [0.15, 0.2) is 11.6 Å². The third-order valence-electron chi connectivity index (χ3n) is 4.68. The molecular weight excluding hydrogens is 378 g/mol. The lowest BCUT2D eigenvalue weighted by Crippen LogP contribution is -2.50. The summed E-state index contributed by atoms with van der Waals surface area (Å²) in [5.74, 6) is -1.51. The maximum absolute atomic E-state index is 13.4. The van der Waals surface area contributed by atoms with Gasteiger partial charge in [-0.1, -0.05) is 19.9 Å². The Morgan fingerprint density at radius 1 is 0.897 bits per heavy atom. The summed E-state index contributed by atoms with van der Waals surface area (Å²) in [6.45, 7) is 6.06. The summed E-state index contributed by atoms with van der Waals surface area (Å²) in [5, 5.41) is 0. The van der Waals surface area contributed by atoms with Crippen molar-refractivity contribution in [2.75, 3.05) is 32.8 Å². The Morgan fingerprint density at radius 3 is 2.03 bits per heavy atom. The molecule has 7 heteroatoms. The number of hydrogen-bond donors (Lipinski definition) is 0. The van der Waals surface area contributed by atoms with Gasteiger partial charge in [-0.15, -0.1) is 0 Å². The molecular formula is C22H24F2N2O3. The number of hydrogen-bond acceptors (Lipinski definition) is 3. The van der Waals surface area contributed by atoms with Crippen LogP contribution < -0.4 is 4.74 Å². The van der Waals surface area contributed by atoms with E-state index in [2.05, 4.69) is 13.8 Å². The third kappa shape index (κ3) is 5.10. The van der Waals surface area contributed by atoms with Crippen molar-refractivity contribution in [3.8, 4) is 5.75 Å². The molecule has 5 nitrogen and oxygen atoms in total. The van der Waals surface area contributed by atoms with Gasteiger partial charge in [-0.3, -0.25) is 9.59 Å². The number of carbonyl (C=O) groups excluding carboxylic acids is 2. The molecule has 3 rings (SSSR count). The second-order valence-corrected chi connectivity index (χ2v) is 7.45. The van der Waals surface area contributed by atoms with Crippen LogP contribution in [0.25, 0.3) is 0 Å². The van der Waals surface area contributed by atoms with Crippen molar-refractivity contribution >= 4 is 11.8 Å². The van der Waals surface area contributed by atoms with E-state index in [9.17, 15) is 18.4 Å². The highest BCUT2D eigenvalue weighted by Crippen LogP contribution is 2.18. The second kappa shape index (κ2) is 9.03. The summed E-state index contributed by atoms with van der Waals surface area (Å²) in [5.41, 5.74) is 0.630. The average molecular weight is 402 g/mol. The first-order valence-electron chi connectivity index (χ1n) is 9.61. The lowest BCUT2D eigenvalue weighted by molar-refractivity contribution is 0.0535. The van der Waals surface area contributed by atoms with E-state index in [1.54, 1.807) is 28.0 Å². The summed E-state index contributed by atoms with van der Waals surface area (Å²) in [4.78, 5) is 28.5. The molecule has 0 bridgehead atoms. The zero-order chi connectivity index (χ0) is 21.0. The van der Waals surface area contributed by atoms with Crippen molar-refractivity contribution in [1.82, 2.24) is 9.80 Å². The predicted octanol–water partition coefficient (Wildman–Crippen LogP) is 3.60. The van der Waals surface area contributed by atoms with Crippen LogP contribution in [0.2, 0.25) is 0 Å². The number of halogens is 2. The number of ether oxygens (including phenoxy) is 1. The molecule has 1 aliphatic rings. The lowest BCUT2D eigenvalue weighted by Gasteiger charge is -2.35. The topological polar surface area (TPSA) is 49.9 Å². The molecule has 0 aromatic heterocycles. The molecule has 1 heterocycles. The predicted molar refractivity (Wildman–Crippen MR) is 105 cm³/mol. The van der Waals surface area contributed by atoms with Gasteiger partial charge in [0.05, 0.1) is 6.61 Å². The fourth-order valence-electron chi connectivity index (χ4n) is 3.09. The van der Waals surface area contributed by atoms with E-state index in [-0.39, 0.29) is 17.4 Å². The van der Waals surface area contributed by atoms with Gasteiger partial charge in [0.1, 0.15) is 5.75 Å². The minimum atomic E-state index is -1.05. The van der Waals surface area contributed by atoms with Gasteiger partial charge in [-0.25, -0.2) is 8.78 Å². The van der Waals surface area contributed by atoms with Crippen molar-refractivity contribution in [1.29, 1.82) is 0 Å². The molecule has 0 unspecified atom stereocenters. The van der Waals surface area contributed by atoms with Gasteiger partial charge < -0.3 is 14.5 Å². The van der Waals surface area contributed by atoms with E-state index in [0.29, 0.717) is 50.0 Å². The molecule has 2 aromatic carbocycles. The van der Waals surface area contributed by atoms with Gasteiger partial charge in [-0.05, 0) is 42.3 Å². The molecule has 0 N–H and O–H groups in total. The van der Waals surface area contributed by atoms with Crippen LogP contribution >= 0.6 is 0 Å². The molecule has 0 atom stereocenters. The van der Waals surface area contributed by atoms with Gasteiger partial charge in [0.25, 0.3) is 11.8 Å². The van der Waals surface area contributed by atoms with E-state index >= 15 is 0 Å². The average Bonchev–Trinajstić information content (AvgIpc) is 2.73. The highest BCUT2D eigenvalue weighted by atomic mass is 19.2. The normalized spacial score (nSPS) is 14.2. The SMILES string of the molecule is CC(C)COc1cccc(C(=O)N2CCN(C(=O)c3ccc(F)c(F)c3)CC2)c1. The number of rotatable bonds is 5. The minimum absolute atomic E-state index is 0.0960.